The molecule has 1 aliphatic rings. The third-order valence-corrected chi connectivity index (χ3v) is 4.61. The normalized spacial score (nSPS) is 30.9. The van der Waals surface area contributed by atoms with Crippen LogP contribution in [0.2, 0.25) is 0 Å². The molecule has 4 nitrogen and oxygen atoms in total. The van der Waals surface area contributed by atoms with Gasteiger partial charge in [0.1, 0.15) is 0 Å². The number of hydrogen-bond donors (Lipinski definition) is 3. The van der Waals surface area contributed by atoms with Crippen molar-refractivity contribution in [1.29, 1.82) is 0 Å². The molecule has 0 aliphatic heterocycles. The van der Waals surface area contributed by atoms with Crippen molar-refractivity contribution in [3.05, 3.63) is 11.6 Å². The molecule has 1 aliphatic carbocycles. The van der Waals surface area contributed by atoms with Gasteiger partial charge in [0.05, 0.1) is 12.2 Å². The average molecular weight is 283 g/mol. The van der Waals surface area contributed by atoms with Gasteiger partial charge in [-0.15, -0.1) is 0 Å². The predicted octanol–water partition coefficient (Wildman–Crippen LogP) is 2.01. The summed E-state index contributed by atoms with van der Waals surface area (Å²) in [5.41, 5.74) is 1.06. The number of carbonyl (C=O) groups is 1. The highest BCUT2D eigenvalue weighted by Gasteiger charge is 2.31. The summed E-state index contributed by atoms with van der Waals surface area (Å²) in [7, 11) is 0. The van der Waals surface area contributed by atoms with Crippen LogP contribution in [-0.4, -0.2) is 34.4 Å². The average Bonchev–Trinajstić information content (AvgIpc) is 2.38. The molecule has 0 aromatic heterocycles. The molecule has 2 unspecified atom stereocenters. The fourth-order valence-corrected chi connectivity index (χ4v) is 2.90. The number of nitrogens with one attached hydrogen (secondary N) is 1. The van der Waals surface area contributed by atoms with Crippen LogP contribution in [0.3, 0.4) is 0 Å². The molecule has 1 fully saturated rings. The maximum Gasteiger partial charge on any atom is 0.207 e. The van der Waals surface area contributed by atoms with E-state index >= 15 is 0 Å². The van der Waals surface area contributed by atoms with Crippen LogP contribution in [0.25, 0.3) is 0 Å². The summed E-state index contributed by atoms with van der Waals surface area (Å²) in [6.45, 7) is 7.90. The minimum Gasteiger partial charge on any atom is -0.390 e. The molecule has 3 N–H and O–H groups in total. The van der Waals surface area contributed by atoms with Gasteiger partial charge >= 0.3 is 0 Å². The molecular formula is C16H29NO3. The molecule has 0 saturated heterocycles. The SMILES string of the molecule is CC(=CC(O)C(O)C(C)C)C1CCC(C)(NC=O)CC1. The molecule has 1 saturated carbocycles. The molecule has 0 bridgehead atoms. The molecule has 4 heteroatoms. The Bertz CT molecular complexity index is 344. The Labute approximate surface area is 122 Å². The van der Waals surface area contributed by atoms with Crippen LogP contribution < -0.4 is 5.32 Å². The molecule has 1 rings (SSSR count). The number of allylic oxidation sites excluding steroid dienone is 1. The number of carbonyl (C=O) groups excluding carboxylic acids is 1. The van der Waals surface area contributed by atoms with Gasteiger partial charge in [-0.25, -0.2) is 0 Å². The van der Waals surface area contributed by atoms with E-state index < -0.39 is 12.2 Å². The number of aliphatic hydroxyl groups excluding tert-OH is 2. The van der Waals surface area contributed by atoms with Crippen LogP contribution in [0.15, 0.2) is 11.6 Å². The number of amides is 1. The topological polar surface area (TPSA) is 69.6 Å². The van der Waals surface area contributed by atoms with Gasteiger partial charge in [0, 0.05) is 5.54 Å². The van der Waals surface area contributed by atoms with Crippen molar-refractivity contribution >= 4 is 6.41 Å². The van der Waals surface area contributed by atoms with Crippen LogP contribution in [0.4, 0.5) is 0 Å². The van der Waals surface area contributed by atoms with Gasteiger partial charge in [-0.1, -0.05) is 25.5 Å². The Morgan fingerprint density at radius 3 is 2.30 bits per heavy atom. The van der Waals surface area contributed by atoms with E-state index in [0.29, 0.717) is 5.92 Å². The first-order valence-corrected chi connectivity index (χ1v) is 7.55. The van der Waals surface area contributed by atoms with E-state index in [1.807, 2.05) is 20.8 Å². The summed E-state index contributed by atoms with van der Waals surface area (Å²) in [5.74, 6) is 0.478. The molecule has 20 heavy (non-hydrogen) atoms. The number of rotatable bonds is 6. The van der Waals surface area contributed by atoms with Crippen molar-refractivity contribution < 1.29 is 15.0 Å². The van der Waals surface area contributed by atoms with Gasteiger partial charge in [-0.05, 0) is 51.4 Å². The molecule has 2 atom stereocenters. The highest BCUT2D eigenvalue weighted by molar-refractivity contribution is 5.47. The predicted molar refractivity (Wildman–Crippen MR) is 80.2 cm³/mol. The van der Waals surface area contributed by atoms with E-state index in [-0.39, 0.29) is 11.5 Å². The van der Waals surface area contributed by atoms with E-state index in [1.54, 1.807) is 6.08 Å². The van der Waals surface area contributed by atoms with E-state index in [2.05, 4.69) is 12.2 Å². The fourth-order valence-electron chi connectivity index (χ4n) is 2.90. The molecule has 116 valence electrons. The third-order valence-electron chi connectivity index (χ3n) is 4.61. The zero-order valence-electron chi connectivity index (χ0n) is 13.1. The van der Waals surface area contributed by atoms with Crippen molar-refractivity contribution in [3.63, 3.8) is 0 Å². The summed E-state index contributed by atoms with van der Waals surface area (Å²) in [6, 6.07) is 0. The van der Waals surface area contributed by atoms with Crippen molar-refractivity contribution in [1.82, 2.24) is 5.32 Å². The lowest BCUT2D eigenvalue weighted by molar-refractivity contribution is -0.111. The first kappa shape index (κ1) is 17.2. The zero-order valence-corrected chi connectivity index (χ0v) is 13.1. The summed E-state index contributed by atoms with van der Waals surface area (Å²) in [6.07, 6.45) is 4.98. The standard InChI is InChI=1S/C16H29NO3/c1-11(2)15(20)14(19)9-12(3)13-5-7-16(4,8-6-13)17-10-18/h9-11,13-15,19-20H,5-8H2,1-4H3,(H,17,18). The van der Waals surface area contributed by atoms with E-state index in [1.165, 1.54) is 0 Å². The minimum absolute atomic E-state index is 0.0421. The fraction of sp³-hybridized carbons (Fsp3) is 0.812. The van der Waals surface area contributed by atoms with Crippen LogP contribution in [0.5, 0.6) is 0 Å². The Kier molecular flexibility index (Phi) is 6.21. The maximum absolute atomic E-state index is 10.6. The largest absolute Gasteiger partial charge is 0.390 e. The van der Waals surface area contributed by atoms with Crippen LogP contribution in [0, 0.1) is 11.8 Å². The molecular weight excluding hydrogens is 254 g/mol. The van der Waals surface area contributed by atoms with Gasteiger partial charge in [-0.3, -0.25) is 4.79 Å². The van der Waals surface area contributed by atoms with Crippen molar-refractivity contribution in [2.24, 2.45) is 11.8 Å². The Morgan fingerprint density at radius 1 is 1.30 bits per heavy atom. The quantitative estimate of drug-likeness (QED) is 0.516. The molecule has 1 amide bonds. The van der Waals surface area contributed by atoms with E-state index in [0.717, 1.165) is 37.7 Å². The summed E-state index contributed by atoms with van der Waals surface area (Å²) in [4.78, 5) is 10.6. The molecule has 0 radical (unpaired) electrons. The van der Waals surface area contributed by atoms with Gasteiger partial charge < -0.3 is 15.5 Å². The number of hydrogen-bond acceptors (Lipinski definition) is 3. The highest BCUT2D eigenvalue weighted by atomic mass is 16.3. The lowest BCUT2D eigenvalue weighted by Gasteiger charge is -2.37. The van der Waals surface area contributed by atoms with Crippen molar-refractivity contribution in [3.8, 4) is 0 Å². The molecule has 0 heterocycles. The lowest BCUT2D eigenvalue weighted by Crippen LogP contribution is -2.44. The molecule has 0 spiro atoms. The number of aliphatic hydroxyl groups is 2. The Balaban J connectivity index is 2.58. The van der Waals surface area contributed by atoms with Gasteiger partial charge in [0.25, 0.3) is 0 Å². The van der Waals surface area contributed by atoms with Crippen LogP contribution >= 0.6 is 0 Å². The summed E-state index contributed by atoms with van der Waals surface area (Å²) >= 11 is 0. The van der Waals surface area contributed by atoms with E-state index in [9.17, 15) is 15.0 Å². The minimum atomic E-state index is -0.795. The molecule has 0 aromatic carbocycles. The Hall–Kier alpha value is -0.870. The molecule has 0 aromatic rings. The first-order valence-electron chi connectivity index (χ1n) is 7.55. The monoisotopic (exact) mass is 283 g/mol. The van der Waals surface area contributed by atoms with Gasteiger partial charge in [-0.2, -0.15) is 0 Å². The zero-order chi connectivity index (χ0) is 15.3. The summed E-state index contributed by atoms with van der Waals surface area (Å²) in [5, 5.41) is 22.7. The smallest absolute Gasteiger partial charge is 0.207 e. The van der Waals surface area contributed by atoms with Crippen LogP contribution in [0.1, 0.15) is 53.4 Å². The highest BCUT2D eigenvalue weighted by Crippen LogP contribution is 2.35. The maximum atomic E-state index is 10.6. The van der Waals surface area contributed by atoms with Crippen molar-refractivity contribution in [2.45, 2.75) is 71.1 Å². The Morgan fingerprint density at radius 2 is 1.85 bits per heavy atom. The second kappa shape index (κ2) is 7.23. The first-order chi connectivity index (χ1) is 9.29. The second-order valence-corrected chi connectivity index (χ2v) is 6.73. The van der Waals surface area contributed by atoms with Gasteiger partial charge in [0.2, 0.25) is 6.41 Å². The lowest BCUT2D eigenvalue weighted by atomic mass is 9.75. The summed E-state index contributed by atoms with van der Waals surface area (Å²) < 4.78 is 0. The van der Waals surface area contributed by atoms with Crippen molar-refractivity contribution in [2.75, 3.05) is 0 Å². The van der Waals surface area contributed by atoms with E-state index in [4.69, 9.17) is 0 Å². The third kappa shape index (κ3) is 4.60. The van der Waals surface area contributed by atoms with Gasteiger partial charge in [0.15, 0.2) is 0 Å². The van der Waals surface area contributed by atoms with Crippen LogP contribution in [-0.2, 0) is 4.79 Å². The second-order valence-electron chi connectivity index (χ2n) is 6.73.